The molecule has 0 bridgehead atoms. The number of rotatable bonds is 4. The van der Waals surface area contributed by atoms with Gasteiger partial charge in [0.2, 0.25) is 0 Å². The van der Waals surface area contributed by atoms with E-state index in [0.717, 1.165) is 21.4 Å². The third-order valence-corrected chi connectivity index (χ3v) is 6.14. The molecule has 2 aromatic heterocycles. The van der Waals surface area contributed by atoms with Crippen LogP contribution in [0.25, 0.3) is 44.6 Å². The molecule has 0 aliphatic heterocycles. The minimum absolute atomic E-state index is 0.0671. The van der Waals surface area contributed by atoms with Crippen molar-refractivity contribution in [1.29, 1.82) is 0 Å². The van der Waals surface area contributed by atoms with E-state index in [1.54, 1.807) is 6.07 Å². The van der Waals surface area contributed by atoms with Crippen molar-refractivity contribution in [3.8, 4) is 45.6 Å². The standard InChI is InChI=1S/C16H11BrO4.C15H10O4.CH2Br2.I3/c17-9-20-11-6-12(18)16-13(19)8-14(21-15(16)7-11)10-4-2-1-3-5-10;16-10-6-11(17)15-12(18)8-13(19-14(15)7-10)9-4-2-1-3-5-9;2-1-3;1-3-2/h1-8,18H,9H2;1-8,16-17H;1H2;/q;;;-1. The molecule has 0 amide bonds. The molecule has 8 nitrogen and oxygen atoms in total. The Labute approximate surface area is 318 Å². The topological polar surface area (TPSA) is 130 Å². The van der Waals surface area contributed by atoms with Gasteiger partial charge in [-0.3, -0.25) is 9.59 Å². The Morgan fingerprint density at radius 2 is 1.07 bits per heavy atom. The van der Waals surface area contributed by atoms with E-state index >= 15 is 0 Å². The summed E-state index contributed by atoms with van der Waals surface area (Å²) >= 11 is 14.6. The molecule has 0 saturated heterocycles. The number of fused-ring (bicyclic) bond motifs is 2. The van der Waals surface area contributed by atoms with E-state index < -0.39 is 0 Å². The fourth-order valence-corrected chi connectivity index (χ4v) is 4.40. The molecule has 3 N–H and O–H groups in total. The van der Waals surface area contributed by atoms with Crippen LogP contribution in [0.4, 0.5) is 0 Å². The molecule has 0 fully saturated rings. The van der Waals surface area contributed by atoms with E-state index in [9.17, 15) is 24.9 Å². The second-order valence-corrected chi connectivity index (χ2v) is 28.1. The first-order chi connectivity index (χ1) is 22.2. The number of aromatic hydroxyl groups is 3. The first-order valence-electron chi connectivity index (χ1n) is 12.8. The molecule has 0 spiro atoms. The molecular weight excluding hydrogens is 1130 g/mol. The van der Waals surface area contributed by atoms with Gasteiger partial charge in [-0.15, -0.1) is 0 Å². The van der Waals surface area contributed by atoms with E-state index in [-0.39, 0.29) is 55.6 Å². The van der Waals surface area contributed by atoms with Gasteiger partial charge in [-0.25, -0.2) is 0 Å². The molecule has 0 aliphatic carbocycles. The fourth-order valence-electron chi connectivity index (χ4n) is 4.13. The minimum Gasteiger partial charge on any atom is -0.508 e. The number of alkyl halides is 3. The first kappa shape index (κ1) is 38.6. The van der Waals surface area contributed by atoms with Crippen molar-refractivity contribution in [2.75, 3.05) is 9.76 Å². The van der Waals surface area contributed by atoms with Crippen LogP contribution in [0.15, 0.2) is 115 Å². The predicted octanol–water partition coefficient (Wildman–Crippen LogP) is 7.28. The van der Waals surface area contributed by atoms with Crippen LogP contribution in [0.3, 0.4) is 0 Å². The fraction of sp³-hybridized carbons (Fsp3) is 0.0625. The first-order valence-corrected chi connectivity index (χ1v) is 28.7. The smallest absolute Gasteiger partial charge is 0.197 e. The summed E-state index contributed by atoms with van der Waals surface area (Å²) in [4.78, 5) is 24.2. The zero-order valence-corrected chi connectivity index (χ0v) is 34.5. The Morgan fingerprint density at radius 1 is 0.652 bits per heavy atom. The molecule has 2 heterocycles. The number of ether oxygens (including phenoxy) is 1. The zero-order valence-electron chi connectivity index (χ0n) is 23.3. The molecule has 6 rings (SSSR count). The molecule has 14 heteroatoms. The molecule has 6 aromatic rings. The Hall–Kier alpha value is -1.87. The third-order valence-electron chi connectivity index (χ3n) is 5.92. The number of hydrogen-bond acceptors (Lipinski definition) is 8. The van der Waals surface area contributed by atoms with E-state index in [1.165, 1.54) is 24.3 Å². The average molecular weight is 1160 g/mol. The summed E-state index contributed by atoms with van der Waals surface area (Å²) in [6.45, 7) is 0. The van der Waals surface area contributed by atoms with Crippen LogP contribution in [0, 0.1) is 0 Å². The van der Waals surface area contributed by atoms with Crippen LogP contribution >= 0.6 is 85.0 Å². The van der Waals surface area contributed by atoms with Crippen LogP contribution in [0.2, 0.25) is 0 Å². The number of phenols is 3. The third kappa shape index (κ3) is 10.8. The Balaban J connectivity index is 0.000000215. The molecular formula is C32H23Br3I3O8-. The second-order valence-electron chi connectivity index (χ2n) is 8.74. The molecule has 0 aliphatic rings. The molecule has 242 valence electrons. The molecule has 0 atom stereocenters. The molecule has 46 heavy (non-hydrogen) atoms. The van der Waals surface area contributed by atoms with Gasteiger partial charge in [0, 0.05) is 47.5 Å². The summed E-state index contributed by atoms with van der Waals surface area (Å²) in [6, 6.07) is 26.6. The van der Waals surface area contributed by atoms with Crippen molar-refractivity contribution in [1.82, 2.24) is 0 Å². The Bertz CT molecular complexity index is 1990. The van der Waals surface area contributed by atoms with Crippen molar-refractivity contribution in [3.05, 3.63) is 118 Å². The summed E-state index contributed by atoms with van der Waals surface area (Å²) in [5.41, 5.74) is 1.63. The molecule has 0 saturated carbocycles. The average Bonchev–Trinajstić information content (AvgIpc) is 3.02. The largest absolute Gasteiger partial charge is 0.508 e. The van der Waals surface area contributed by atoms with E-state index in [1.807, 2.05) is 60.7 Å². The van der Waals surface area contributed by atoms with E-state index in [2.05, 4.69) is 85.0 Å². The van der Waals surface area contributed by atoms with Gasteiger partial charge in [0.1, 0.15) is 62.0 Å². The van der Waals surface area contributed by atoms with Gasteiger partial charge in [0.25, 0.3) is 0 Å². The quantitative estimate of drug-likeness (QED) is 0.124. The minimum atomic E-state index is -0.349. The van der Waals surface area contributed by atoms with E-state index in [4.69, 9.17) is 13.6 Å². The number of hydrogen-bond donors (Lipinski definition) is 3. The summed E-state index contributed by atoms with van der Waals surface area (Å²) in [7, 11) is 0. The SMILES string of the molecule is BrCBr.I[I-]I.O=c1cc(-c2ccccc2)oc2cc(O)cc(O)c12.O=c1cc(-c2ccccc2)oc2cc(OCBr)cc(O)c12. The van der Waals surface area contributed by atoms with Gasteiger partial charge in [-0.05, 0) is 15.9 Å². The van der Waals surface area contributed by atoms with Crippen molar-refractivity contribution < 1.29 is 42.1 Å². The Morgan fingerprint density at radius 3 is 1.50 bits per heavy atom. The second kappa shape index (κ2) is 19.8. The van der Waals surface area contributed by atoms with Crippen molar-refractivity contribution in [3.63, 3.8) is 0 Å². The maximum Gasteiger partial charge on any atom is 0.197 e. The van der Waals surface area contributed by atoms with E-state index in [0.29, 0.717) is 30.5 Å². The number of halogens is 6. The van der Waals surface area contributed by atoms with Crippen molar-refractivity contribution >= 4 is 107 Å². The van der Waals surface area contributed by atoms with Crippen LogP contribution in [-0.2, 0) is 0 Å². The zero-order chi connectivity index (χ0) is 33.6. The predicted molar refractivity (Wildman–Crippen MR) is 206 cm³/mol. The van der Waals surface area contributed by atoms with Crippen LogP contribution in [-0.4, -0.2) is 25.1 Å². The molecule has 0 unspecified atom stereocenters. The summed E-state index contributed by atoms with van der Waals surface area (Å²) in [5.74, 6) is 0.662. The van der Waals surface area contributed by atoms with Gasteiger partial charge in [-0.2, -0.15) is 0 Å². The molecule has 4 aromatic carbocycles. The maximum atomic E-state index is 12.2. The van der Waals surface area contributed by atoms with Crippen LogP contribution in [0.5, 0.6) is 23.0 Å². The van der Waals surface area contributed by atoms with Crippen LogP contribution in [0.1, 0.15) is 0 Å². The van der Waals surface area contributed by atoms with Gasteiger partial charge in [-0.1, -0.05) is 92.5 Å². The number of phenolic OH excluding ortho intramolecular Hbond substituents is 3. The summed E-state index contributed by atoms with van der Waals surface area (Å²) in [5, 5.41) is 29.3. The van der Waals surface area contributed by atoms with Crippen LogP contribution < -0.4 is 28.8 Å². The van der Waals surface area contributed by atoms with Gasteiger partial charge in [0.15, 0.2) is 10.9 Å². The Kier molecular flexibility index (Phi) is 16.6. The summed E-state index contributed by atoms with van der Waals surface area (Å²) in [6.07, 6.45) is 0. The van der Waals surface area contributed by atoms with Crippen molar-refractivity contribution in [2.45, 2.75) is 0 Å². The maximum absolute atomic E-state index is 12.2. The monoisotopic (exact) mass is 1150 g/mol. The van der Waals surface area contributed by atoms with Gasteiger partial charge in [0.05, 0.1) is 4.24 Å². The number of benzene rings is 4. The van der Waals surface area contributed by atoms with Gasteiger partial charge < -0.3 is 28.9 Å². The van der Waals surface area contributed by atoms with Gasteiger partial charge >= 0.3 is 50.5 Å². The molecule has 0 radical (unpaired) electrons. The van der Waals surface area contributed by atoms with Crippen molar-refractivity contribution in [2.24, 2.45) is 0 Å². The summed E-state index contributed by atoms with van der Waals surface area (Å²) < 4.78 is 17.5. The normalized spacial score (nSPS) is 10.2.